The van der Waals surface area contributed by atoms with Gasteiger partial charge in [0, 0.05) is 48.0 Å². The zero-order valence-corrected chi connectivity index (χ0v) is 17.3. The van der Waals surface area contributed by atoms with Crippen LogP contribution in [0.25, 0.3) is 0 Å². The maximum atomic E-state index is 12.2. The Labute approximate surface area is 161 Å². The number of rotatable bonds is 8. The molecule has 26 heavy (non-hydrogen) atoms. The van der Waals surface area contributed by atoms with Gasteiger partial charge in [0.1, 0.15) is 0 Å². The Hall–Kier alpha value is -1.40. The zero-order valence-electron chi connectivity index (χ0n) is 16.5. The van der Waals surface area contributed by atoms with Crippen molar-refractivity contribution in [3.8, 4) is 0 Å². The maximum absolute atomic E-state index is 12.2. The number of guanidine groups is 1. The van der Waals surface area contributed by atoms with Crippen LogP contribution in [-0.2, 0) is 16.6 Å². The normalized spacial score (nSPS) is 17.7. The highest BCUT2D eigenvalue weighted by Gasteiger charge is 2.27. The van der Waals surface area contributed by atoms with E-state index >= 15 is 0 Å². The van der Waals surface area contributed by atoms with Crippen LogP contribution in [0, 0.1) is 0 Å². The first kappa shape index (κ1) is 20.9. The molecule has 1 aromatic rings. The largest absolute Gasteiger partial charge is 0.355 e. The van der Waals surface area contributed by atoms with E-state index in [0.717, 1.165) is 18.1 Å². The van der Waals surface area contributed by atoms with Gasteiger partial charge in [0.05, 0.1) is 0 Å². The van der Waals surface area contributed by atoms with Crippen LogP contribution < -0.4 is 10.6 Å². The molecule has 2 N–H and O–H groups in total. The summed E-state index contributed by atoms with van der Waals surface area (Å²) in [6.07, 6.45) is 3.94. The van der Waals surface area contributed by atoms with E-state index in [4.69, 9.17) is 0 Å². The third-order valence-electron chi connectivity index (χ3n) is 4.92. The summed E-state index contributed by atoms with van der Waals surface area (Å²) in [7, 11) is 0.914. The van der Waals surface area contributed by atoms with E-state index in [0.29, 0.717) is 18.1 Å². The zero-order chi connectivity index (χ0) is 18.8. The molecule has 0 saturated carbocycles. The van der Waals surface area contributed by atoms with E-state index in [2.05, 4.69) is 34.4 Å². The topological polar surface area (TPSA) is 56.7 Å². The molecule has 1 saturated heterocycles. The van der Waals surface area contributed by atoms with E-state index < -0.39 is 10.8 Å². The predicted octanol–water partition coefficient (Wildman–Crippen LogP) is 2.36. The van der Waals surface area contributed by atoms with E-state index in [-0.39, 0.29) is 5.54 Å². The van der Waals surface area contributed by atoms with E-state index in [1.165, 1.54) is 32.4 Å². The molecule has 0 aromatic heterocycles. The molecule has 2 rings (SSSR count). The summed E-state index contributed by atoms with van der Waals surface area (Å²) < 4.78 is 12.2. The van der Waals surface area contributed by atoms with Crippen LogP contribution in [0.15, 0.2) is 35.3 Å². The van der Waals surface area contributed by atoms with Crippen LogP contribution >= 0.6 is 0 Å². The summed E-state index contributed by atoms with van der Waals surface area (Å²) in [6, 6.07) is 10.00. The molecule has 1 heterocycles. The minimum atomic E-state index is -0.868. The molecule has 1 fully saturated rings. The van der Waals surface area contributed by atoms with Gasteiger partial charge in [-0.15, -0.1) is 0 Å². The van der Waals surface area contributed by atoms with E-state index in [1.54, 1.807) is 7.05 Å². The molecule has 1 aliphatic heterocycles. The van der Waals surface area contributed by atoms with Crippen molar-refractivity contribution in [3.63, 3.8) is 0 Å². The third kappa shape index (κ3) is 7.08. The van der Waals surface area contributed by atoms with Crippen LogP contribution in [0.3, 0.4) is 0 Å². The fraction of sp³-hybridized carbons (Fsp3) is 0.650. The molecular weight excluding hydrogens is 344 g/mol. The summed E-state index contributed by atoms with van der Waals surface area (Å²) in [5.41, 5.74) is 1.23. The molecule has 1 unspecified atom stereocenters. The van der Waals surface area contributed by atoms with Gasteiger partial charge in [-0.05, 0) is 45.3 Å². The summed E-state index contributed by atoms with van der Waals surface area (Å²) in [5, 5.41) is 6.72. The average molecular weight is 379 g/mol. The van der Waals surface area contributed by atoms with Crippen molar-refractivity contribution in [2.24, 2.45) is 4.99 Å². The quantitative estimate of drug-likeness (QED) is 0.539. The SMILES string of the molecule is CN=C(NCCS(=O)Cc1ccccc1)NCC(C)(C)N1CCCCC1. The van der Waals surface area contributed by atoms with Crippen molar-refractivity contribution in [3.05, 3.63) is 35.9 Å². The standard InChI is InChI=1S/C20H34N4OS/c1-20(2,24-13-8-5-9-14-24)17-23-19(21-3)22-12-15-26(25)16-18-10-6-4-7-11-18/h4,6-7,10-11H,5,8-9,12-17H2,1-3H3,(H2,21,22,23). The van der Waals surface area contributed by atoms with Crippen molar-refractivity contribution in [2.45, 2.75) is 44.4 Å². The number of hydrogen-bond donors (Lipinski definition) is 2. The smallest absolute Gasteiger partial charge is 0.191 e. The number of benzene rings is 1. The molecular formula is C20H34N4OS. The fourth-order valence-electron chi connectivity index (χ4n) is 3.25. The lowest BCUT2D eigenvalue weighted by molar-refractivity contribution is 0.0982. The Bertz CT molecular complexity index is 583. The first-order valence-corrected chi connectivity index (χ1v) is 11.1. The summed E-state index contributed by atoms with van der Waals surface area (Å²) >= 11 is 0. The van der Waals surface area contributed by atoms with Gasteiger partial charge < -0.3 is 10.6 Å². The van der Waals surface area contributed by atoms with E-state index in [9.17, 15) is 4.21 Å². The predicted molar refractivity (Wildman–Crippen MR) is 112 cm³/mol. The Balaban J connectivity index is 1.69. The number of piperidine rings is 1. The van der Waals surface area contributed by atoms with Crippen molar-refractivity contribution in [2.75, 3.05) is 39.0 Å². The highest BCUT2D eigenvalue weighted by molar-refractivity contribution is 7.84. The maximum Gasteiger partial charge on any atom is 0.191 e. The monoisotopic (exact) mass is 378 g/mol. The summed E-state index contributed by atoms with van der Waals surface area (Å²) in [4.78, 5) is 6.86. The molecule has 6 heteroatoms. The lowest BCUT2D eigenvalue weighted by atomic mass is 9.98. The molecule has 5 nitrogen and oxygen atoms in total. The summed E-state index contributed by atoms with van der Waals surface area (Å²) in [5.74, 6) is 2.01. The number of nitrogens with one attached hydrogen (secondary N) is 2. The molecule has 0 aliphatic carbocycles. The second-order valence-electron chi connectivity index (χ2n) is 7.49. The van der Waals surface area contributed by atoms with Gasteiger partial charge in [0.15, 0.2) is 5.96 Å². The first-order chi connectivity index (χ1) is 12.5. The van der Waals surface area contributed by atoms with Gasteiger partial charge in [-0.25, -0.2) is 0 Å². The third-order valence-corrected chi connectivity index (χ3v) is 6.23. The lowest BCUT2D eigenvalue weighted by Crippen LogP contribution is -2.55. The Kier molecular flexibility index (Phi) is 8.59. The molecule has 0 radical (unpaired) electrons. The number of hydrogen-bond acceptors (Lipinski definition) is 3. The molecule has 146 valence electrons. The number of nitrogens with zero attached hydrogens (tertiary/aromatic N) is 2. The van der Waals surface area contributed by atoms with Crippen molar-refractivity contribution >= 4 is 16.8 Å². The second-order valence-corrected chi connectivity index (χ2v) is 9.06. The van der Waals surface area contributed by atoms with Crippen molar-refractivity contribution in [1.29, 1.82) is 0 Å². The lowest BCUT2D eigenvalue weighted by Gasteiger charge is -2.41. The molecule has 0 amide bonds. The molecule has 1 aromatic carbocycles. The first-order valence-electron chi connectivity index (χ1n) is 9.60. The van der Waals surface area contributed by atoms with Gasteiger partial charge in [-0.3, -0.25) is 14.1 Å². The average Bonchev–Trinajstić information content (AvgIpc) is 2.66. The highest BCUT2D eigenvalue weighted by Crippen LogP contribution is 2.19. The van der Waals surface area contributed by atoms with Crippen LogP contribution in [0.4, 0.5) is 0 Å². The van der Waals surface area contributed by atoms with Crippen LogP contribution in [0.2, 0.25) is 0 Å². The van der Waals surface area contributed by atoms with Gasteiger partial charge in [-0.2, -0.15) is 0 Å². The molecule has 1 aliphatic rings. The Morgan fingerprint density at radius 3 is 2.50 bits per heavy atom. The Morgan fingerprint density at radius 1 is 1.15 bits per heavy atom. The van der Waals surface area contributed by atoms with Crippen LogP contribution in [-0.4, -0.2) is 59.6 Å². The number of aliphatic imine (C=N–C) groups is 1. The van der Waals surface area contributed by atoms with Crippen LogP contribution in [0.5, 0.6) is 0 Å². The second kappa shape index (κ2) is 10.7. The fourth-order valence-corrected chi connectivity index (χ4v) is 4.29. The van der Waals surface area contributed by atoms with Gasteiger partial charge in [0.25, 0.3) is 0 Å². The summed E-state index contributed by atoms with van der Waals surface area (Å²) in [6.45, 7) is 8.43. The Morgan fingerprint density at radius 2 is 1.85 bits per heavy atom. The molecule has 0 bridgehead atoms. The minimum Gasteiger partial charge on any atom is -0.355 e. The van der Waals surface area contributed by atoms with Crippen molar-refractivity contribution < 1.29 is 4.21 Å². The minimum absolute atomic E-state index is 0.105. The van der Waals surface area contributed by atoms with Gasteiger partial charge in [-0.1, -0.05) is 36.8 Å². The highest BCUT2D eigenvalue weighted by atomic mass is 32.2. The molecule has 0 spiro atoms. The van der Waals surface area contributed by atoms with Gasteiger partial charge in [0.2, 0.25) is 0 Å². The van der Waals surface area contributed by atoms with E-state index in [1.807, 2.05) is 30.3 Å². The molecule has 1 atom stereocenters. The van der Waals surface area contributed by atoms with Crippen molar-refractivity contribution in [1.82, 2.24) is 15.5 Å². The van der Waals surface area contributed by atoms with Gasteiger partial charge >= 0.3 is 0 Å². The number of likely N-dealkylation sites (tertiary alicyclic amines) is 1. The van der Waals surface area contributed by atoms with Crippen LogP contribution in [0.1, 0.15) is 38.7 Å².